The van der Waals surface area contributed by atoms with E-state index >= 15 is 0 Å². The summed E-state index contributed by atoms with van der Waals surface area (Å²) < 4.78 is 7.06. The van der Waals surface area contributed by atoms with E-state index in [1.54, 1.807) is 50.0 Å². The van der Waals surface area contributed by atoms with E-state index < -0.39 is 0 Å². The van der Waals surface area contributed by atoms with Crippen LogP contribution in [-0.2, 0) is 11.3 Å². The molecule has 2 N–H and O–H groups in total. The van der Waals surface area contributed by atoms with Gasteiger partial charge in [0, 0.05) is 31.0 Å². The van der Waals surface area contributed by atoms with Gasteiger partial charge in [0.15, 0.2) is 0 Å². The first-order valence-electron chi connectivity index (χ1n) is 9.62. The highest BCUT2D eigenvalue weighted by molar-refractivity contribution is 6.05. The fraction of sp³-hybridized carbons (Fsp3) is 0.174. The zero-order chi connectivity index (χ0) is 21.2. The van der Waals surface area contributed by atoms with Gasteiger partial charge in [-0.3, -0.25) is 9.59 Å². The van der Waals surface area contributed by atoms with Crippen molar-refractivity contribution < 1.29 is 14.3 Å². The van der Waals surface area contributed by atoms with E-state index in [0.717, 1.165) is 18.5 Å². The number of amides is 2. The maximum atomic E-state index is 12.7. The summed E-state index contributed by atoms with van der Waals surface area (Å²) in [6, 6.07) is 16.1. The molecule has 0 spiro atoms. The van der Waals surface area contributed by atoms with Crippen molar-refractivity contribution in [3.05, 3.63) is 90.1 Å². The molecule has 0 saturated heterocycles. The molecule has 30 heavy (non-hydrogen) atoms. The Labute approximate surface area is 175 Å². The molecule has 0 radical (unpaired) electrons. The summed E-state index contributed by atoms with van der Waals surface area (Å²) in [6.45, 7) is 1.22. The number of aryl methyl sites for hydroxylation is 1. The molecule has 0 aliphatic carbocycles. The van der Waals surface area contributed by atoms with Gasteiger partial charge in [0.1, 0.15) is 11.4 Å². The summed E-state index contributed by atoms with van der Waals surface area (Å²) in [6.07, 6.45) is 7.73. The molecule has 154 valence electrons. The Kier molecular flexibility index (Phi) is 7.38. The van der Waals surface area contributed by atoms with Gasteiger partial charge >= 0.3 is 0 Å². The molecule has 1 aromatic heterocycles. The van der Waals surface area contributed by atoms with Crippen LogP contribution in [-0.4, -0.2) is 35.0 Å². The van der Waals surface area contributed by atoms with Crippen LogP contribution in [0.15, 0.2) is 79.0 Å². The third kappa shape index (κ3) is 6.07. The van der Waals surface area contributed by atoms with Gasteiger partial charge in [-0.05, 0) is 42.3 Å². The Bertz CT molecular complexity index is 981. The average Bonchev–Trinajstić information content (AvgIpc) is 3.30. The topological polar surface area (TPSA) is 85.2 Å². The number of carbonyl (C=O) groups is 2. The molecular formula is C23H24N4O3. The van der Waals surface area contributed by atoms with Gasteiger partial charge in [0.2, 0.25) is 0 Å². The molecule has 7 nitrogen and oxygen atoms in total. The third-order valence-corrected chi connectivity index (χ3v) is 4.39. The summed E-state index contributed by atoms with van der Waals surface area (Å²) in [7, 11) is 1.56. The van der Waals surface area contributed by atoms with Crippen molar-refractivity contribution in [2.75, 3.05) is 13.7 Å². The smallest absolute Gasteiger partial charge is 0.267 e. The van der Waals surface area contributed by atoms with Crippen LogP contribution in [0.4, 0.5) is 0 Å². The fourth-order valence-electron chi connectivity index (χ4n) is 2.79. The monoisotopic (exact) mass is 404 g/mol. The van der Waals surface area contributed by atoms with E-state index in [2.05, 4.69) is 15.6 Å². The molecule has 0 aliphatic heterocycles. The fourth-order valence-corrected chi connectivity index (χ4v) is 2.79. The predicted molar refractivity (Wildman–Crippen MR) is 115 cm³/mol. The minimum atomic E-state index is -0.367. The van der Waals surface area contributed by atoms with Crippen LogP contribution in [0.3, 0.4) is 0 Å². The number of ether oxygens (including phenoxy) is 1. The molecule has 0 fully saturated rings. The number of aromatic nitrogens is 2. The number of rotatable bonds is 9. The van der Waals surface area contributed by atoms with Gasteiger partial charge in [-0.2, -0.15) is 0 Å². The summed E-state index contributed by atoms with van der Waals surface area (Å²) in [5.41, 5.74) is 1.43. The van der Waals surface area contributed by atoms with Gasteiger partial charge in [0.25, 0.3) is 11.8 Å². The lowest BCUT2D eigenvalue weighted by Gasteiger charge is -2.12. The van der Waals surface area contributed by atoms with Crippen molar-refractivity contribution in [1.82, 2.24) is 20.2 Å². The molecule has 0 saturated carbocycles. The minimum absolute atomic E-state index is 0.185. The normalized spacial score (nSPS) is 11.0. The van der Waals surface area contributed by atoms with Crippen LogP contribution < -0.4 is 15.4 Å². The molecule has 2 aromatic carbocycles. The Hall–Kier alpha value is -3.87. The van der Waals surface area contributed by atoms with Crippen molar-refractivity contribution in [3.8, 4) is 5.75 Å². The maximum Gasteiger partial charge on any atom is 0.267 e. The number of nitrogens with zero attached hydrogens (tertiary/aromatic N) is 2. The average molecular weight is 404 g/mol. The number of nitrogens with one attached hydrogen (secondary N) is 2. The molecule has 3 rings (SSSR count). The molecule has 3 aromatic rings. The van der Waals surface area contributed by atoms with Crippen molar-refractivity contribution in [2.24, 2.45) is 0 Å². The van der Waals surface area contributed by atoms with Crippen molar-refractivity contribution >= 4 is 17.9 Å². The van der Waals surface area contributed by atoms with Crippen LogP contribution in [0, 0.1) is 0 Å². The molecule has 0 unspecified atom stereocenters. The number of imidazole rings is 1. The van der Waals surface area contributed by atoms with Gasteiger partial charge < -0.3 is 19.9 Å². The molecular weight excluding hydrogens is 380 g/mol. The van der Waals surface area contributed by atoms with Crippen LogP contribution >= 0.6 is 0 Å². The first-order chi connectivity index (χ1) is 14.7. The second-order valence-corrected chi connectivity index (χ2v) is 6.56. The standard InChI is InChI=1S/C23H24N4O3/c1-30-20-10-8-19(9-11-20)22(28)26-21(16-18-6-3-2-4-7-18)23(29)25-12-5-14-27-15-13-24-17-27/h2-4,6-11,13,15-17H,5,12,14H2,1H3,(H,25,29)(H,26,28)/b21-16+. The van der Waals surface area contributed by atoms with Gasteiger partial charge in [-0.25, -0.2) is 4.98 Å². The summed E-state index contributed by atoms with van der Waals surface area (Å²) in [5.74, 6) is -0.0537. The number of hydrogen-bond donors (Lipinski definition) is 2. The third-order valence-electron chi connectivity index (χ3n) is 4.39. The lowest BCUT2D eigenvalue weighted by atomic mass is 10.1. The molecule has 0 bridgehead atoms. The van der Waals surface area contributed by atoms with Gasteiger partial charge in [-0.15, -0.1) is 0 Å². The SMILES string of the molecule is COc1ccc(C(=O)N/C(=C/c2ccccc2)C(=O)NCCCn2ccnc2)cc1. The highest BCUT2D eigenvalue weighted by Crippen LogP contribution is 2.12. The predicted octanol–water partition coefficient (Wildman–Crippen LogP) is 2.87. The largest absolute Gasteiger partial charge is 0.497 e. The second-order valence-electron chi connectivity index (χ2n) is 6.56. The van der Waals surface area contributed by atoms with Crippen LogP contribution in [0.5, 0.6) is 5.75 Å². The van der Waals surface area contributed by atoms with E-state index in [9.17, 15) is 9.59 Å². The van der Waals surface area contributed by atoms with Gasteiger partial charge in [0.05, 0.1) is 13.4 Å². The number of benzene rings is 2. The van der Waals surface area contributed by atoms with Crippen LogP contribution in [0.2, 0.25) is 0 Å². The summed E-state index contributed by atoms with van der Waals surface area (Å²) in [4.78, 5) is 29.4. The van der Waals surface area contributed by atoms with E-state index in [1.807, 2.05) is 41.1 Å². The lowest BCUT2D eigenvalue weighted by molar-refractivity contribution is -0.117. The highest BCUT2D eigenvalue weighted by Gasteiger charge is 2.14. The molecule has 1 heterocycles. The van der Waals surface area contributed by atoms with Crippen molar-refractivity contribution in [3.63, 3.8) is 0 Å². The summed E-state index contributed by atoms with van der Waals surface area (Å²) in [5, 5.41) is 5.59. The Morgan fingerprint density at radius 1 is 1.10 bits per heavy atom. The van der Waals surface area contributed by atoms with E-state index in [4.69, 9.17) is 4.74 Å². The first kappa shape index (κ1) is 20.9. The van der Waals surface area contributed by atoms with E-state index in [0.29, 0.717) is 17.9 Å². The summed E-state index contributed by atoms with van der Waals surface area (Å²) >= 11 is 0. The van der Waals surface area contributed by atoms with E-state index in [-0.39, 0.29) is 17.5 Å². The van der Waals surface area contributed by atoms with E-state index in [1.165, 1.54) is 0 Å². The molecule has 2 amide bonds. The molecule has 0 atom stereocenters. The quantitative estimate of drug-likeness (QED) is 0.424. The highest BCUT2D eigenvalue weighted by atomic mass is 16.5. The van der Waals surface area contributed by atoms with Crippen molar-refractivity contribution in [2.45, 2.75) is 13.0 Å². The Morgan fingerprint density at radius 3 is 2.53 bits per heavy atom. The van der Waals surface area contributed by atoms with Crippen molar-refractivity contribution in [1.29, 1.82) is 0 Å². The molecule has 7 heteroatoms. The van der Waals surface area contributed by atoms with Crippen LogP contribution in [0.1, 0.15) is 22.3 Å². The van der Waals surface area contributed by atoms with Crippen LogP contribution in [0.25, 0.3) is 6.08 Å². The number of carbonyl (C=O) groups excluding carboxylic acids is 2. The number of methoxy groups -OCH3 is 1. The van der Waals surface area contributed by atoms with Gasteiger partial charge in [-0.1, -0.05) is 30.3 Å². The zero-order valence-corrected chi connectivity index (χ0v) is 16.7. The molecule has 0 aliphatic rings. The Morgan fingerprint density at radius 2 is 1.87 bits per heavy atom. The Balaban J connectivity index is 1.67. The number of hydrogen-bond acceptors (Lipinski definition) is 4. The lowest BCUT2D eigenvalue weighted by Crippen LogP contribution is -2.35. The maximum absolute atomic E-state index is 12.7. The minimum Gasteiger partial charge on any atom is -0.497 e. The zero-order valence-electron chi connectivity index (χ0n) is 16.7. The second kappa shape index (κ2) is 10.6. The first-order valence-corrected chi connectivity index (χ1v) is 9.62.